The number of nitrogens with zero attached hydrogens (tertiary/aromatic N) is 1. The summed E-state index contributed by atoms with van der Waals surface area (Å²) in [6.07, 6.45) is 9.47. The average molecular weight is 446 g/mol. The molecule has 0 N–H and O–H groups in total. The molecule has 6 heteroatoms. The van der Waals surface area contributed by atoms with Gasteiger partial charge in [-0.15, -0.1) is 0 Å². The molecular formula is C25H39F4NO. The zero-order chi connectivity index (χ0) is 23.1. The number of rotatable bonds is 16. The van der Waals surface area contributed by atoms with Crippen LogP contribution in [0.2, 0.25) is 0 Å². The van der Waals surface area contributed by atoms with Crippen molar-refractivity contribution in [2.75, 3.05) is 13.1 Å². The molecule has 0 heterocycles. The summed E-state index contributed by atoms with van der Waals surface area (Å²) in [6, 6.07) is 2.93. The van der Waals surface area contributed by atoms with E-state index in [-0.39, 0.29) is 0 Å². The Morgan fingerprint density at radius 2 is 1.23 bits per heavy atom. The van der Waals surface area contributed by atoms with E-state index >= 15 is 0 Å². The molecule has 1 aromatic rings. The molecule has 0 spiro atoms. The molecule has 0 unspecified atom stereocenters. The van der Waals surface area contributed by atoms with Crippen LogP contribution in [0.5, 0.6) is 0 Å². The van der Waals surface area contributed by atoms with Crippen molar-refractivity contribution in [3.8, 4) is 0 Å². The fraction of sp³-hybridized carbons (Fsp3) is 0.720. The van der Waals surface area contributed by atoms with Gasteiger partial charge >= 0.3 is 6.18 Å². The van der Waals surface area contributed by atoms with Gasteiger partial charge in [-0.25, -0.2) is 4.39 Å². The van der Waals surface area contributed by atoms with E-state index < -0.39 is 29.0 Å². The molecule has 0 aliphatic rings. The van der Waals surface area contributed by atoms with Crippen LogP contribution >= 0.6 is 0 Å². The van der Waals surface area contributed by atoms with Crippen molar-refractivity contribution in [3.63, 3.8) is 0 Å². The van der Waals surface area contributed by atoms with Gasteiger partial charge in [0, 0.05) is 13.1 Å². The molecule has 2 nitrogen and oxygen atoms in total. The van der Waals surface area contributed by atoms with Crippen LogP contribution in [-0.2, 0) is 6.18 Å². The van der Waals surface area contributed by atoms with Gasteiger partial charge in [-0.1, -0.05) is 90.5 Å². The number of halogens is 4. The van der Waals surface area contributed by atoms with Crippen molar-refractivity contribution in [1.29, 1.82) is 0 Å². The second kappa shape index (κ2) is 15.3. The van der Waals surface area contributed by atoms with Gasteiger partial charge in [-0.2, -0.15) is 13.2 Å². The van der Waals surface area contributed by atoms with Crippen LogP contribution in [-0.4, -0.2) is 23.9 Å². The summed E-state index contributed by atoms with van der Waals surface area (Å²) in [5.74, 6) is -2.11. The number of amides is 1. The van der Waals surface area contributed by atoms with Crippen molar-refractivity contribution >= 4 is 5.91 Å². The standard InChI is InChI=1S/C25H39F4NO/c1-3-5-7-8-9-10-11-12-13-15-20-30(19-14-6-4-2)24(31)21-17-16-18-22(23(21)26)25(27,28)29/h16-18H,3-15,19-20H2,1-2H3. The molecule has 1 aromatic carbocycles. The van der Waals surface area contributed by atoms with Gasteiger partial charge in [-0.05, 0) is 25.0 Å². The first-order valence-corrected chi connectivity index (χ1v) is 12.0. The smallest absolute Gasteiger partial charge is 0.339 e. The number of unbranched alkanes of at least 4 members (excludes halogenated alkanes) is 11. The zero-order valence-corrected chi connectivity index (χ0v) is 19.2. The molecule has 0 fully saturated rings. The molecule has 1 amide bonds. The Morgan fingerprint density at radius 1 is 0.774 bits per heavy atom. The van der Waals surface area contributed by atoms with Gasteiger partial charge in [0.25, 0.3) is 5.91 Å². The van der Waals surface area contributed by atoms with Gasteiger partial charge in [-0.3, -0.25) is 4.79 Å². The summed E-state index contributed by atoms with van der Waals surface area (Å²) in [5.41, 5.74) is -1.87. The quantitative estimate of drug-likeness (QED) is 0.185. The Morgan fingerprint density at radius 3 is 1.74 bits per heavy atom. The number of hydrogen-bond acceptors (Lipinski definition) is 1. The first-order chi connectivity index (χ1) is 14.8. The lowest BCUT2D eigenvalue weighted by Gasteiger charge is -2.23. The molecule has 0 bridgehead atoms. The highest BCUT2D eigenvalue weighted by atomic mass is 19.4. The Hall–Kier alpha value is -1.59. The van der Waals surface area contributed by atoms with Crippen molar-refractivity contribution < 1.29 is 22.4 Å². The van der Waals surface area contributed by atoms with Gasteiger partial charge in [0.05, 0.1) is 11.1 Å². The zero-order valence-electron chi connectivity index (χ0n) is 19.2. The molecule has 178 valence electrons. The van der Waals surface area contributed by atoms with Crippen LogP contribution in [0.25, 0.3) is 0 Å². The van der Waals surface area contributed by atoms with Crippen LogP contribution in [0.15, 0.2) is 18.2 Å². The number of benzene rings is 1. The lowest BCUT2D eigenvalue weighted by Crippen LogP contribution is -2.34. The fourth-order valence-electron chi connectivity index (χ4n) is 3.74. The minimum absolute atomic E-state index is 0.444. The van der Waals surface area contributed by atoms with Crippen molar-refractivity contribution in [2.24, 2.45) is 0 Å². The maximum absolute atomic E-state index is 14.4. The predicted molar refractivity (Wildman–Crippen MR) is 119 cm³/mol. The van der Waals surface area contributed by atoms with E-state index in [4.69, 9.17) is 0 Å². The number of hydrogen-bond donors (Lipinski definition) is 0. The van der Waals surface area contributed by atoms with Gasteiger partial charge < -0.3 is 4.90 Å². The third kappa shape index (κ3) is 10.5. The predicted octanol–water partition coefficient (Wildman–Crippen LogP) is 8.40. The Bertz CT molecular complexity index is 630. The highest BCUT2D eigenvalue weighted by molar-refractivity contribution is 5.94. The maximum Gasteiger partial charge on any atom is 0.419 e. The molecule has 0 saturated carbocycles. The second-order valence-corrected chi connectivity index (χ2v) is 8.35. The molecule has 31 heavy (non-hydrogen) atoms. The van der Waals surface area contributed by atoms with Crippen LogP contribution in [0.3, 0.4) is 0 Å². The average Bonchev–Trinajstić information content (AvgIpc) is 2.72. The van der Waals surface area contributed by atoms with Gasteiger partial charge in [0.1, 0.15) is 5.82 Å². The summed E-state index contributed by atoms with van der Waals surface area (Å²) >= 11 is 0. The van der Waals surface area contributed by atoms with Crippen molar-refractivity contribution in [2.45, 2.75) is 103 Å². The van der Waals surface area contributed by atoms with Crippen LogP contribution < -0.4 is 0 Å². The maximum atomic E-state index is 14.4. The van der Waals surface area contributed by atoms with Crippen LogP contribution in [0.4, 0.5) is 17.6 Å². The summed E-state index contributed by atoms with van der Waals surface area (Å²) in [7, 11) is 0. The molecule has 0 atom stereocenters. The van der Waals surface area contributed by atoms with E-state index in [9.17, 15) is 22.4 Å². The van der Waals surface area contributed by atoms with Crippen LogP contribution in [0.1, 0.15) is 113 Å². The largest absolute Gasteiger partial charge is 0.419 e. The van der Waals surface area contributed by atoms with Crippen LogP contribution in [0, 0.1) is 5.82 Å². The Balaban J connectivity index is 2.58. The fourth-order valence-corrected chi connectivity index (χ4v) is 3.74. The first-order valence-electron chi connectivity index (χ1n) is 12.0. The summed E-state index contributed by atoms with van der Waals surface area (Å²) in [4.78, 5) is 14.4. The van der Waals surface area contributed by atoms with E-state index in [1.54, 1.807) is 0 Å². The summed E-state index contributed by atoms with van der Waals surface area (Å²) < 4.78 is 53.5. The van der Waals surface area contributed by atoms with E-state index in [1.165, 1.54) is 43.4 Å². The minimum atomic E-state index is -4.82. The summed E-state index contributed by atoms with van der Waals surface area (Å²) in [5, 5.41) is 0. The monoisotopic (exact) mass is 445 g/mol. The molecule has 1 rings (SSSR count). The lowest BCUT2D eigenvalue weighted by molar-refractivity contribution is -0.140. The Kier molecular flexibility index (Phi) is 13.5. The normalized spacial score (nSPS) is 11.7. The molecule has 0 saturated heterocycles. The van der Waals surface area contributed by atoms with E-state index in [0.717, 1.165) is 57.1 Å². The van der Waals surface area contributed by atoms with Gasteiger partial charge in [0.2, 0.25) is 0 Å². The number of alkyl halides is 3. The van der Waals surface area contributed by atoms with Gasteiger partial charge in [0.15, 0.2) is 0 Å². The number of carbonyl (C=O) groups excluding carboxylic acids is 1. The summed E-state index contributed by atoms with van der Waals surface area (Å²) in [6.45, 7) is 5.15. The topological polar surface area (TPSA) is 20.3 Å². The Labute approximate surface area is 185 Å². The molecule has 0 radical (unpaired) electrons. The van der Waals surface area contributed by atoms with Crippen molar-refractivity contribution in [3.05, 3.63) is 35.1 Å². The van der Waals surface area contributed by atoms with E-state index in [1.807, 2.05) is 6.92 Å². The first kappa shape index (κ1) is 27.4. The highest BCUT2D eigenvalue weighted by Crippen LogP contribution is 2.32. The van der Waals surface area contributed by atoms with Crippen molar-refractivity contribution in [1.82, 2.24) is 4.90 Å². The molecule has 0 aromatic heterocycles. The molecular weight excluding hydrogens is 406 g/mol. The third-order valence-corrected chi connectivity index (χ3v) is 5.63. The minimum Gasteiger partial charge on any atom is -0.339 e. The number of carbonyl (C=O) groups is 1. The third-order valence-electron chi connectivity index (χ3n) is 5.63. The lowest BCUT2D eigenvalue weighted by atomic mass is 10.1. The second-order valence-electron chi connectivity index (χ2n) is 8.35. The highest BCUT2D eigenvalue weighted by Gasteiger charge is 2.36. The van der Waals surface area contributed by atoms with E-state index in [2.05, 4.69) is 6.92 Å². The van der Waals surface area contributed by atoms with E-state index in [0.29, 0.717) is 19.2 Å². The SMILES string of the molecule is CCCCCCCCCCCCN(CCCCC)C(=O)c1cccc(C(F)(F)F)c1F. The molecule has 0 aliphatic carbocycles. The molecule has 0 aliphatic heterocycles.